The largest absolute Gasteiger partial charge is 0.439 e. The molecular formula is C20H21N7O3S. The van der Waals surface area contributed by atoms with E-state index in [2.05, 4.69) is 24.8 Å². The van der Waals surface area contributed by atoms with Crippen LogP contribution in [0.5, 0.6) is 11.6 Å². The molecule has 0 amide bonds. The number of aryl methyl sites for hydroxylation is 2. The van der Waals surface area contributed by atoms with E-state index < -0.39 is 10.0 Å². The van der Waals surface area contributed by atoms with Crippen molar-refractivity contribution in [3.63, 3.8) is 0 Å². The Hall–Kier alpha value is -3.73. The summed E-state index contributed by atoms with van der Waals surface area (Å²) >= 11 is 0. The van der Waals surface area contributed by atoms with Crippen LogP contribution in [0.4, 0.5) is 5.69 Å². The van der Waals surface area contributed by atoms with Crippen molar-refractivity contribution in [3.05, 3.63) is 66.8 Å². The maximum Gasteiger partial charge on any atom is 0.265 e. The second kappa shape index (κ2) is 8.19. The minimum atomic E-state index is -3.77. The molecule has 0 aliphatic heterocycles. The quantitative estimate of drug-likeness (QED) is 0.470. The summed E-state index contributed by atoms with van der Waals surface area (Å²) in [4.78, 5) is 12.5. The molecule has 0 aliphatic carbocycles. The van der Waals surface area contributed by atoms with Gasteiger partial charge in [0.25, 0.3) is 10.0 Å². The highest BCUT2D eigenvalue weighted by Crippen LogP contribution is 2.26. The number of ether oxygens (including phenoxy) is 1. The van der Waals surface area contributed by atoms with Gasteiger partial charge in [0.2, 0.25) is 5.88 Å². The zero-order valence-corrected chi connectivity index (χ0v) is 18.0. The molecule has 1 aromatic carbocycles. The first-order valence-corrected chi connectivity index (χ1v) is 11.0. The van der Waals surface area contributed by atoms with E-state index in [4.69, 9.17) is 4.74 Å². The normalized spacial score (nSPS) is 11.5. The first-order valence-electron chi connectivity index (χ1n) is 9.52. The fourth-order valence-electron chi connectivity index (χ4n) is 3.22. The summed E-state index contributed by atoms with van der Waals surface area (Å²) < 4.78 is 37.5. The lowest BCUT2D eigenvalue weighted by molar-refractivity contribution is 0.461. The highest BCUT2D eigenvalue weighted by molar-refractivity contribution is 7.92. The van der Waals surface area contributed by atoms with Gasteiger partial charge in [0.15, 0.2) is 0 Å². The summed E-state index contributed by atoms with van der Waals surface area (Å²) in [5, 5.41) is 4.28. The molecule has 0 spiro atoms. The van der Waals surface area contributed by atoms with Gasteiger partial charge in [0.1, 0.15) is 29.1 Å². The van der Waals surface area contributed by atoms with Crippen LogP contribution in [-0.2, 0) is 16.6 Å². The third-order valence-electron chi connectivity index (χ3n) is 4.61. The third kappa shape index (κ3) is 4.26. The molecule has 160 valence electrons. The Bertz CT molecular complexity index is 1300. The number of anilines is 1. The van der Waals surface area contributed by atoms with Crippen LogP contribution in [0, 0.1) is 13.8 Å². The Kier molecular flexibility index (Phi) is 5.42. The molecule has 10 nitrogen and oxygen atoms in total. The molecule has 11 heteroatoms. The molecule has 0 unspecified atom stereocenters. The van der Waals surface area contributed by atoms with E-state index in [0.29, 0.717) is 41.1 Å². The van der Waals surface area contributed by atoms with E-state index in [1.54, 1.807) is 72.1 Å². The van der Waals surface area contributed by atoms with Crippen LogP contribution in [0.15, 0.2) is 60.3 Å². The Morgan fingerprint density at radius 1 is 1.13 bits per heavy atom. The summed E-state index contributed by atoms with van der Waals surface area (Å²) in [5.41, 5.74) is 1.48. The molecule has 0 saturated carbocycles. The fourth-order valence-corrected chi connectivity index (χ4v) is 4.69. The van der Waals surface area contributed by atoms with Crippen molar-refractivity contribution < 1.29 is 13.2 Å². The average Bonchev–Trinajstić information content (AvgIpc) is 3.37. The highest BCUT2D eigenvalue weighted by atomic mass is 32.2. The molecule has 4 rings (SSSR count). The monoisotopic (exact) mass is 439 g/mol. The predicted octanol–water partition coefficient (Wildman–Crippen LogP) is 3.09. The smallest absolute Gasteiger partial charge is 0.265 e. The number of nitrogens with one attached hydrogen (secondary N) is 1. The van der Waals surface area contributed by atoms with Gasteiger partial charge in [0.05, 0.1) is 11.4 Å². The van der Waals surface area contributed by atoms with Gasteiger partial charge in [-0.15, -0.1) is 0 Å². The SMILES string of the molecule is CCn1nc(C)c(S(=O)(=O)Nc2ccc(Oc3cc(-n4ccnc4)ncn3)cc2)c1C. The van der Waals surface area contributed by atoms with Gasteiger partial charge in [0, 0.05) is 30.7 Å². The van der Waals surface area contributed by atoms with Crippen LogP contribution >= 0.6 is 0 Å². The molecule has 0 aliphatic rings. The summed E-state index contributed by atoms with van der Waals surface area (Å²) in [6.07, 6.45) is 6.44. The first kappa shape index (κ1) is 20.5. The number of sulfonamides is 1. The number of nitrogens with zero attached hydrogens (tertiary/aromatic N) is 6. The minimum absolute atomic E-state index is 0.197. The van der Waals surface area contributed by atoms with Crippen LogP contribution in [0.25, 0.3) is 5.82 Å². The maximum atomic E-state index is 12.9. The third-order valence-corrected chi connectivity index (χ3v) is 6.24. The molecule has 0 fully saturated rings. The number of benzene rings is 1. The first-order chi connectivity index (χ1) is 14.9. The molecule has 0 saturated heterocycles. The highest BCUT2D eigenvalue weighted by Gasteiger charge is 2.24. The van der Waals surface area contributed by atoms with E-state index in [-0.39, 0.29) is 4.90 Å². The molecule has 0 radical (unpaired) electrons. The standard InChI is InChI=1S/C20H21N7O3S/c1-4-27-15(3)20(14(2)24-27)31(28,29)25-16-5-7-17(8-6-16)30-19-11-18(22-12-23-19)26-10-9-21-13-26/h5-13,25H,4H2,1-3H3. The van der Waals surface area contributed by atoms with Crippen molar-refractivity contribution in [2.45, 2.75) is 32.2 Å². The van der Waals surface area contributed by atoms with E-state index >= 15 is 0 Å². The van der Waals surface area contributed by atoms with E-state index in [0.717, 1.165) is 0 Å². The zero-order chi connectivity index (χ0) is 22.0. The van der Waals surface area contributed by atoms with E-state index in [9.17, 15) is 8.42 Å². The molecule has 31 heavy (non-hydrogen) atoms. The predicted molar refractivity (Wildman–Crippen MR) is 114 cm³/mol. The molecule has 3 aromatic heterocycles. The Labute approximate surface area is 179 Å². The van der Waals surface area contributed by atoms with Crippen molar-refractivity contribution in [1.82, 2.24) is 29.3 Å². The molecule has 0 bridgehead atoms. The zero-order valence-electron chi connectivity index (χ0n) is 17.2. The molecule has 1 N–H and O–H groups in total. The maximum absolute atomic E-state index is 12.9. The van der Waals surface area contributed by atoms with Crippen LogP contribution in [0.1, 0.15) is 18.3 Å². The van der Waals surface area contributed by atoms with Gasteiger partial charge < -0.3 is 4.74 Å². The van der Waals surface area contributed by atoms with Gasteiger partial charge in [-0.2, -0.15) is 5.10 Å². The van der Waals surface area contributed by atoms with Crippen LogP contribution in [0.2, 0.25) is 0 Å². The second-order valence-electron chi connectivity index (χ2n) is 6.73. The van der Waals surface area contributed by atoms with Crippen LogP contribution in [0.3, 0.4) is 0 Å². The van der Waals surface area contributed by atoms with Gasteiger partial charge in [-0.25, -0.2) is 23.4 Å². The average molecular weight is 440 g/mol. The van der Waals surface area contributed by atoms with Gasteiger partial charge in [-0.3, -0.25) is 14.0 Å². The number of hydrogen-bond acceptors (Lipinski definition) is 7. The van der Waals surface area contributed by atoms with Crippen LogP contribution in [-0.4, -0.2) is 37.7 Å². The van der Waals surface area contributed by atoms with E-state index in [1.807, 2.05) is 6.92 Å². The Morgan fingerprint density at radius 2 is 1.90 bits per heavy atom. The molecular weight excluding hydrogens is 418 g/mol. The lowest BCUT2D eigenvalue weighted by Crippen LogP contribution is -2.15. The Balaban J connectivity index is 1.50. The minimum Gasteiger partial charge on any atom is -0.439 e. The number of rotatable bonds is 7. The topological polar surface area (TPSA) is 117 Å². The summed E-state index contributed by atoms with van der Waals surface area (Å²) in [6, 6.07) is 8.24. The summed E-state index contributed by atoms with van der Waals surface area (Å²) in [5.74, 6) is 1.47. The number of imidazole rings is 1. The lowest BCUT2D eigenvalue weighted by atomic mass is 10.3. The van der Waals surface area contributed by atoms with Gasteiger partial charge in [-0.1, -0.05) is 0 Å². The van der Waals surface area contributed by atoms with Crippen molar-refractivity contribution in [3.8, 4) is 17.4 Å². The number of aromatic nitrogens is 6. The van der Waals surface area contributed by atoms with Crippen molar-refractivity contribution in [2.75, 3.05) is 4.72 Å². The summed E-state index contributed by atoms with van der Waals surface area (Å²) in [7, 11) is -3.77. The van der Waals surface area contributed by atoms with E-state index in [1.165, 1.54) is 6.33 Å². The second-order valence-corrected chi connectivity index (χ2v) is 8.35. The van der Waals surface area contributed by atoms with Crippen molar-refractivity contribution >= 4 is 15.7 Å². The summed E-state index contributed by atoms with van der Waals surface area (Å²) in [6.45, 7) is 5.94. The van der Waals surface area contributed by atoms with Crippen molar-refractivity contribution in [1.29, 1.82) is 0 Å². The van der Waals surface area contributed by atoms with Crippen molar-refractivity contribution in [2.24, 2.45) is 0 Å². The Morgan fingerprint density at radius 3 is 2.55 bits per heavy atom. The lowest BCUT2D eigenvalue weighted by Gasteiger charge is -2.10. The van der Waals surface area contributed by atoms with Gasteiger partial charge in [-0.05, 0) is 45.0 Å². The fraction of sp³-hybridized carbons (Fsp3) is 0.200. The molecule has 0 atom stereocenters. The molecule has 4 aromatic rings. The van der Waals surface area contributed by atoms with Crippen LogP contribution < -0.4 is 9.46 Å². The molecule has 3 heterocycles. The van der Waals surface area contributed by atoms with Gasteiger partial charge >= 0.3 is 0 Å². The number of hydrogen-bond donors (Lipinski definition) is 1.